The minimum atomic E-state index is 1.06. The molecule has 0 N–H and O–H groups in total. The summed E-state index contributed by atoms with van der Waals surface area (Å²) in [6, 6.07) is 53.9. The van der Waals surface area contributed by atoms with Gasteiger partial charge in [-0.2, -0.15) is 0 Å². The average Bonchev–Trinajstić information content (AvgIpc) is 3.32. The normalized spacial score (nSPS) is 11.2. The lowest BCUT2D eigenvalue weighted by Gasteiger charge is -2.25. The van der Waals surface area contributed by atoms with E-state index in [2.05, 4.69) is 177 Å². The first kappa shape index (κ1) is 23.5. The number of nitrogens with zero attached hydrogens (tertiary/aromatic N) is 2. The molecule has 0 atom stereocenters. The van der Waals surface area contributed by atoms with Gasteiger partial charge in [-0.05, 0) is 83.9 Å². The molecule has 0 aliphatic carbocycles. The molecule has 1 aromatic heterocycles. The molecule has 6 aromatic carbocycles. The number of hydrogen-bond donors (Lipinski definition) is 0. The van der Waals surface area contributed by atoms with Gasteiger partial charge in [-0.15, -0.1) is 0 Å². The maximum absolute atomic E-state index is 3.64. The highest BCUT2D eigenvalue weighted by Crippen LogP contribution is 2.38. The number of benzene rings is 6. The third kappa shape index (κ3) is 4.31. The van der Waals surface area contributed by atoms with E-state index in [-0.39, 0.29) is 0 Å². The highest BCUT2D eigenvalue weighted by molar-refractivity contribution is 9.10. The van der Waals surface area contributed by atoms with Crippen LogP contribution in [0, 0.1) is 0 Å². The van der Waals surface area contributed by atoms with Crippen LogP contribution < -0.4 is 4.90 Å². The van der Waals surface area contributed by atoms with Crippen molar-refractivity contribution in [2.45, 2.75) is 0 Å². The Bertz CT molecular complexity index is 1910. The van der Waals surface area contributed by atoms with Gasteiger partial charge in [0, 0.05) is 38.0 Å². The predicted octanol–water partition coefficient (Wildman–Crippen LogP) is 10.7. The van der Waals surface area contributed by atoms with Gasteiger partial charge < -0.3 is 9.47 Å². The first-order valence-electron chi connectivity index (χ1n) is 13.1. The second-order valence-corrected chi connectivity index (χ2v) is 10.5. The topological polar surface area (TPSA) is 8.17 Å². The molecule has 2 nitrogen and oxygen atoms in total. The second-order valence-electron chi connectivity index (χ2n) is 9.62. The quantitative estimate of drug-likeness (QED) is 0.202. The summed E-state index contributed by atoms with van der Waals surface area (Å²) in [6.45, 7) is 0. The Morgan fingerprint density at radius 1 is 0.436 bits per heavy atom. The van der Waals surface area contributed by atoms with Crippen LogP contribution in [-0.4, -0.2) is 4.57 Å². The van der Waals surface area contributed by atoms with E-state index < -0.39 is 0 Å². The van der Waals surface area contributed by atoms with E-state index in [4.69, 9.17) is 0 Å². The minimum absolute atomic E-state index is 1.06. The zero-order valence-corrected chi connectivity index (χ0v) is 22.8. The van der Waals surface area contributed by atoms with Gasteiger partial charge in [0.1, 0.15) is 0 Å². The van der Waals surface area contributed by atoms with Crippen LogP contribution in [0.25, 0.3) is 38.6 Å². The summed E-state index contributed by atoms with van der Waals surface area (Å²) in [7, 11) is 0. The zero-order chi connectivity index (χ0) is 26.2. The smallest absolute Gasteiger partial charge is 0.0541 e. The summed E-state index contributed by atoms with van der Waals surface area (Å²) >= 11 is 3.64. The Kier molecular flexibility index (Phi) is 5.99. The zero-order valence-electron chi connectivity index (χ0n) is 21.2. The number of rotatable bonds is 5. The number of anilines is 3. The Labute approximate surface area is 236 Å². The van der Waals surface area contributed by atoms with Crippen molar-refractivity contribution in [3.05, 3.63) is 156 Å². The van der Waals surface area contributed by atoms with Crippen molar-refractivity contribution in [3.8, 4) is 16.8 Å². The van der Waals surface area contributed by atoms with E-state index in [1.165, 1.54) is 38.6 Å². The number of para-hydroxylation sites is 3. The van der Waals surface area contributed by atoms with Gasteiger partial charge in [-0.3, -0.25) is 0 Å². The number of halogens is 1. The third-order valence-electron chi connectivity index (χ3n) is 7.23. The summed E-state index contributed by atoms with van der Waals surface area (Å²) in [5.74, 6) is 0. The lowest BCUT2D eigenvalue weighted by atomic mass is 10.0. The first-order chi connectivity index (χ1) is 19.3. The molecule has 0 unspecified atom stereocenters. The molecule has 0 radical (unpaired) electrons. The van der Waals surface area contributed by atoms with Gasteiger partial charge in [0.25, 0.3) is 0 Å². The van der Waals surface area contributed by atoms with E-state index in [0.717, 1.165) is 21.5 Å². The summed E-state index contributed by atoms with van der Waals surface area (Å²) in [4.78, 5) is 2.28. The molecule has 186 valence electrons. The highest BCUT2D eigenvalue weighted by atomic mass is 79.9. The third-order valence-corrected chi connectivity index (χ3v) is 7.72. The summed E-state index contributed by atoms with van der Waals surface area (Å²) in [6.07, 6.45) is 0. The Morgan fingerprint density at radius 3 is 1.82 bits per heavy atom. The van der Waals surface area contributed by atoms with Crippen LogP contribution >= 0.6 is 15.9 Å². The minimum Gasteiger partial charge on any atom is -0.310 e. The van der Waals surface area contributed by atoms with Crippen LogP contribution in [0.5, 0.6) is 0 Å². The molecule has 0 fully saturated rings. The van der Waals surface area contributed by atoms with Crippen LogP contribution in [0.1, 0.15) is 0 Å². The van der Waals surface area contributed by atoms with Crippen molar-refractivity contribution in [3.63, 3.8) is 0 Å². The fourth-order valence-electron chi connectivity index (χ4n) is 5.45. The van der Waals surface area contributed by atoms with E-state index >= 15 is 0 Å². The molecule has 0 aliphatic rings. The summed E-state index contributed by atoms with van der Waals surface area (Å²) < 4.78 is 3.41. The average molecular weight is 566 g/mol. The Balaban J connectivity index is 1.32. The molecule has 0 spiro atoms. The molecule has 39 heavy (non-hydrogen) atoms. The molecule has 1 heterocycles. The molecular weight excluding hydrogens is 540 g/mol. The van der Waals surface area contributed by atoms with Crippen molar-refractivity contribution in [2.75, 3.05) is 4.90 Å². The monoisotopic (exact) mass is 564 g/mol. The Morgan fingerprint density at radius 2 is 1.05 bits per heavy atom. The molecule has 0 saturated carbocycles. The van der Waals surface area contributed by atoms with E-state index in [1.807, 2.05) is 0 Å². The van der Waals surface area contributed by atoms with Gasteiger partial charge in [-0.25, -0.2) is 0 Å². The maximum atomic E-state index is 3.64. The van der Waals surface area contributed by atoms with Crippen LogP contribution in [0.2, 0.25) is 0 Å². The Hall–Kier alpha value is -4.60. The molecule has 0 amide bonds. The summed E-state index contributed by atoms with van der Waals surface area (Å²) in [5, 5.41) is 2.52. The van der Waals surface area contributed by atoms with Crippen molar-refractivity contribution >= 4 is 54.8 Å². The second kappa shape index (κ2) is 9.94. The van der Waals surface area contributed by atoms with E-state index in [9.17, 15) is 0 Å². The van der Waals surface area contributed by atoms with Crippen LogP contribution in [-0.2, 0) is 0 Å². The SMILES string of the molecule is Brc1cccc(N(c2ccccc2)c2ccc(-c3ccc4c(c3)c3ccccc3n4-c3ccccc3)cc2)c1. The largest absolute Gasteiger partial charge is 0.310 e. The first-order valence-corrected chi connectivity index (χ1v) is 13.9. The molecule has 0 bridgehead atoms. The van der Waals surface area contributed by atoms with Crippen molar-refractivity contribution < 1.29 is 0 Å². The lowest BCUT2D eigenvalue weighted by Crippen LogP contribution is -2.09. The van der Waals surface area contributed by atoms with E-state index in [0.29, 0.717) is 0 Å². The summed E-state index contributed by atoms with van der Waals surface area (Å²) in [5.41, 5.74) is 9.36. The van der Waals surface area contributed by atoms with Crippen molar-refractivity contribution in [2.24, 2.45) is 0 Å². The van der Waals surface area contributed by atoms with Crippen molar-refractivity contribution in [1.29, 1.82) is 0 Å². The molecule has 7 rings (SSSR count). The molecule has 0 aliphatic heterocycles. The van der Waals surface area contributed by atoms with Gasteiger partial charge >= 0.3 is 0 Å². The molecule has 3 heteroatoms. The molecule has 0 saturated heterocycles. The van der Waals surface area contributed by atoms with Crippen molar-refractivity contribution in [1.82, 2.24) is 4.57 Å². The predicted molar refractivity (Wildman–Crippen MR) is 169 cm³/mol. The maximum Gasteiger partial charge on any atom is 0.0541 e. The van der Waals surface area contributed by atoms with Gasteiger partial charge in [-0.1, -0.05) is 94.8 Å². The van der Waals surface area contributed by atoms with E-state index in [1.54, 1.807) is 0 Å². The number of aromatic nitrogens is 1. The standard InChI is InChI=1S/C36H25BrN2/c37-28-10-9-15-32(25-28)38(29-11-3-1-4-12-29)31-21-18-26(19-22-31)27-20-23-36-34(24-27)33-16-7-8-17-35(33)39(36)30-13-5-2-6-14-30/h1-25H. The van der Waals surface area contributed by atoms with Crippen LogP contribution in [0.15, 0.2) is 156 Å². The number of hydrogen-bond acceptors (Lipinski definition) is 1. The van der Waals surface area contributed by atoms with Gasteiger partial charge in [0.2, 0.25) is 0 Å². The van der Waals surface area contributed by atoms with Crippen LogP contribution in [0.3, 0.4) is 0 Å². The molecule has 7 aromatic rings. The van der Waals surface area contributed by atoms with Gasteiger partial charge in [0.05, 0.1) is 11.0 Å². The number of fused-ring (bicyclic) bond motifs is 3. The highest BCUT2D eigenvalue weighted by Gasteiger charge is 2.15. The molecular formula is C36H25BrN2. The van der Waals surface area contributed by atoms with Crippen LogP contribution in [0.4, 0.5) is 17.1 Å². The van der Waals surface area contributed by atoms with Gasteiger partial charge in [0.15, 0.2) is 0 Å². The fraction of sp³-hybridized carbons (Fsp3) is 0. The fourth-order valence-corrected chi connectivity index (χ4v) is 5.84. The lowest BCUT2D eigenvalue weighted by molar-refractivity contribution is 1.18.